The number of morpholine rings is 1. The number of aromatic hydroxyl groups is 1. The van der Waals surface area contributed by atoms with Gasteiger partial charge in [-0.2, -0.15) is 10.1 Å². The van der Waals surface area contributed by atoms with Gasteiger partial charge in [0.1, 0.15) is 0 Å². The fourth-order valence-electron chi connectivity index (χ4n) is 2.57. The second-order valence-electron chi connectivity index (χ2n) is 5.82. The molecule has 0 atom stereocenters. The third kappa shape index (κ3) is 4.60. The molecular formula is C18H23N5O3. The summed E-state index contributed by atoms with van der Waals surface area (Å²) in [4.78, 5) is 11.1. The highest BCUT2D eigenvalue weighted by Gasteiger charge is 2.14. The van der Waals surface area contributed by atoms with Gasteiger partial charge in [-0.3, -0.25) is 5.43 Å². The molecule has 0 aliphatic carbocycles. The van der Waals surface area contributed by atoms with E-state index >= 15 is 0 Å². The van der Waals surface area contributed by atoms with Crippen molar-refractivity contribution < 1.29 is 14.6 Å². The van der Waals surface area contributed by atoms with Crippen LogP contribution in [0.3, 0.4) is 0 Å². The normalized spacial score (nSPS) is 14.6. The molecule has 1 aliphatic heterocycles. The van der Waals surface area contributed by atoms with Crippen LogP contribution in [0.5, 0.6) is 11.5 Å². The van der Waals surface area contributed by atoms with Crippen molar-refractivity contribution in [3.8, 4) is 11.5 Å². The molecule has 0 radical (unpaired) electrons. The standard InChI is InChI=1S/C18H23N5O3/c1-3-26-16-11-14(4-5-15(16)24)12-19-22-17-10-13(2)20-18(21-17)23-6-8-25-9-7-23/h4-5,10-12,24H,3,6-9H2,1-2H3,(H,20,21,22). The molecule has 2 heterocycles. The van der Waals surface area contributed by atoms with Gasteiger partial charge in [0.2, 0.25) is 5.95 Å². The number of nitrogens with one attached hydrogen (secondary N) is 1. The lowest BCUT2D eigenvalue weighted by molar-refractivity contribution is 0.122. The summed E-state index contributed by atoms with van der Waals surface area (Å²) < 4.78 is 10.7. The van der Waals surface area contributed by atoms with Crippen molar-refractivity contribution in [3.05, 3.63) is 35.5 Å². The Morgan fingerprint density at radius 3 is 2.88 bits per heavy atom. The highest BCUT2D eigenvalue weighted by molar-refractivity contribution is 5.81. The van der Waals surface area contributed by atoms with Crippen LogP contribution in [0, 0.1) is 6.92 Å². The van der Waals surface area contributed by atoms with Gasteiger partial charge in [0.25, 0.3) is 0 Å². The zero-order valence-electron chi connectivity index (χ0n) is 15.0. The van der Waals surface area contributed by atoms with Crippen LogP contribution in [0.25, 0.3) is 0 Å². The van der Waals surface area contributed by atoms with Crippen LogP contribution < -0.4 is 15.1 Å². The van der Waals surface area contributed by atoms with E-state index in [-0.39, 0.29) is 5.75 Å². The zero-order chi connectivity index (χ0) is 18.4. The summed E-state index contributed by atoms with van der Waals surface area (Å²) in [6, 6.07) is 6.91. The van der Waals surface area contributed by atoms with E-state index in [9.17, 15) is 5.11 Å². The molecule has 0 saturated carbocycles. The summed E-state index contributed by atoms with van der Waals surface area (Å²) >= 11 is 0. The van der Waals surface area contributed by atoms with Crippen LogP contribution >= 0.6 is 0 Å². The second kappa shape index (κ2) is 8.48. The highest BCUT2D eigenvalue weighted by atomic mass is 16.5. The number of hydrogen-bond donors (Lipinski definition) is 2. The number of nitrogens with zero attached hydrogens (tertiary/aromatic N) is 4. The molecule has 8 nitrogen and oxygen atoms in total. The Balaban J connectivity index is 1.70. The Morgan fingerprint density at radius 2 is 2.12 bits per heavy atom. The predicted molar refractivity (Wildman–Crippen MR) is 100 cm³/mol. The molecule has 8 heteroatoms. The van der Waals surface area contributed by atoms with Crippen LogP contribution in [0.15, 0.2) is 29.4 Å². The van der Waals surface area contributed by atoms with Gasteiger partial charge in [-0.25, -0.2) is 4.98 Å². The average Bonchev–Trinajstić information content (AvgIpc) is 2.65. The molecule has 0 bridgehead atoms. The number of phenolic OH excluding ortho intramolecular Hbond substituents is 1. The minimum Gasteiger partial charge on any atom is -0.504 e. The molecule has 3 rings (SSSR count). The molecule has 1 fully saturated rings. The number of anilines is 2. The molecule has 2 aromatic rings. The molecule has 138 valence electrons. The SMILES string of the molecule is CCOc1cc(C=NNc2cc(C)nc(N3CCOCC3)n2)ccc1O. The lowest BCUT2D eigenvalue weighted by Crippen LogP contribution is -2.37. The van der Waals surface area contributed by atoms with Crippen LogP contribution in [0.1, 0.15) is 18.2 Å². The predicted octanol–water partition coefficient (Wildman–Crippen LogP) is 2.17. The van der Waals surface area contributed by atoms with Gasteiger partial charge in [0.15, 0.2) is 17.3 Å². The van der Waals surface area contributed by atoms with Crippen molar-refractivity contribution in [3.63, 3.8) is 0 Å². The van der Waals surface area contributed by atoms with Gasteiger partial charge in [-0.1, -0.05) is 0 Å². The molecule has 0 spiro atoms. The number of phenols is 1. The first-order valence-electron chi connectivity index (χ1n) is 8.59. The minimum atomic E-state index is 0.110. The summed E-state index contributed by atoms with van der Waals surface area (Å²) in [6.07, 6.45) is 1.65. The van der Waals surface area contributed by atoms with Gasteiger partial charge >= 0.3 is 0 Å². The summed E-state index contributed by atoms with van der Waals surface area (Å²) in [6.45, 7) is 7.19. The molecular weight excluding hydrogens is 334 g/mol. The first kappa shape index (κ1) is 17.9. The molecule has 0 amide bonds. The van der Waals surface area contributed by atoms with Gasteiger partial charge < -0.3 is 19.5 Å². The number of aryl methyl sites for hydroxylation is 1. The smallest absolute Gasteiger partial charge is 0.227 e. The van der Waals surface area contributed by atoms with Crippen molar-refractivity contribution in [1.29, 1.82) is 0 Å². The zero-order valence-corrected chi connectivity index (χ0v) is 15.0. The van der Waals surface area contributed by atoms with Gasteiger partial charge in [-0.05, 0) is 37.6 Å². The van der Waals surface area contributed by atoms with E-state index in [1.807, 2.05) is 19.9 Å². The largest absolute Gasteiger partial charge is 0.504 e. The third-order valence-corrected chi connectivity index (χ3v) is 3.81. The topological polar surface area (TPSA) is 92.1 Å². The molecule has 1 saturated heterocycles. The Labute approximate surface area is 152 Å². The lowest BCUT2D eigenvalue weighted by Gasteiger charge is -2.27. The minimum absolute atomic E-state index is 0.110. The van der Waals surface area contributed by atoms with Crippen molar-refractivity contribution in [1.82, 2.24) is 9.97 Å². The van der Waals surface area contributed by atoms with E-state index in [2.05, 4.69) is 25.4 Å². The summed E-state index contributed by atoms with van der Waals surface area (Å²) in [7, 11) is 0. The van der Waals surface area contributed by atoms with Crippen molar-refractivity contribution in [2.45, 2.75) is 13.8 Å². The molecule has 0 unspecified atom stereocenters. The quantitative estimate of drug-likeness (QED) is 0.605. The van der Waals surface area contributed by atoms with Crippen LogP contribution in [-0.4, -0.2) is 54.2 Å². The Morgan fingerprint density at radius 1 is 1.31 bits per heavy atom. The summed E-state index contributed by atoms with van der Waals surface area (Å²) in [5.41, 5.74) is 4.60. The maximum Gasteiger partial charge on any atom is 0.227 e. The molecule has 1 aromatic heterocycles. The number of hydrogen-bond acceptors (Lipinski definition) is 8. The molecule has 1 aromatic carbocycles. The van der Waals surface area contributed by atoms with Gasteiger partial charge in [-0.15, -0.1) is 0 Å². The van der Waals surface area contributed by atoms with Crippen molar-refractivity contribution in [2.75, 3.05) is 43.2 Å². The van der Waals surface area contributed by atoms with Crippen LogP contribution in [0.2, 0.25) is 0 Å². The number of rotatable bonds is 6. The number of benzene rings is 1. The van der Waals surface area contributed by atoms with Crippen molar-refractivity contribution in [2.24, 2.45) is 5.10 Å². The fraction of sp³-hybridized carbons (Fsp3) is 0.389. The fourth-order valence-corrected chi connectivity index (χ4v) is 2.57. The highest BCUT2D eigenvalue weighted by Crippen LogP contribution is 2.26. The van der Waals surface area contributed by atoms with E-state index in [1.54, 1.807) is 24.4 Å². The Hall–Kier alpha value is -2.87. The van der Waals surface area contributed by atoms with E-state index in [0.717, 1.165) is 24.3 Å². The maximum absolute atomic E-state index is 9.74. The third-order valence-electron chi connectivity index (χ3n) is 3.81. The van der Waals surface area contributed by atoms with Crippen LogP contribution in [0.4, 0.5) is 11.8 Å². The van der Waals surface area contributed by atoms with Crippen LogP contribution in [-0.2, 0) is 4.74 Å². The first-order chi connectivity index (χ1) is 12.7. The number of hydrazone groups is 1. The molecule has 1 aliphatic rings. The molecule has 2 N–H and O–H groups in total. The number of aromatic nitrogens is 2. The summed E-state index contributed by atoms with van der Waals surface area (Å²) in [5, 5.41) is 14.0. The molecule has 26 heavy (non-hydrogen) atoms. The van der Waals surface area contributed by atoms with Gasteiger partial charge in [0.05, 0.1) is 26.0 Å². The lowest BCUT2D eigenvalue weighted by atomic mass is 10.2. The van der Waals surface area contributed by atoms with E-state index in [0.29, 0.717) is 37.3 Å². The average molecular weight is 357 g/mol. The van der Waals surface area contributed by atoms with E-state index in [1.165, 1.54) is 0 Å². The van der Waals surface area contributed by atoms with E-state index in [4.69, 9.17) is 9.47 Å². The number of ether oxygens (including phenoxy) is 2. The Kier molecular flexibility index (Phi) is 5.85. The van der Waals surface area contributed by atoms with Crippen molar-refractivity contribution >= 4 is 18.0 Å². The summed E-state index contributed by atoms with van der Waals surface area (Å²) in [5.74, 6) is 1.84. The maximum atomic E-state index is 9.74. The Bertz CT molecular complexity index is 775. The van der Waals surface area contributed by atoms with Gasteiger partial charge in [0, 0.05) is 24.8 Å². The first-order valence-corrected chi connectivity index (χ1v) is 8.59. The van der Waals surface area contributed by atoms with E-state index < -0.39 is 0 Å². The monoisotopic (exact) mass is 357 g/mol. The second-order valence-corrected chi connectivity index (χ2v) is 5.82.